The van der Waals surface area contributed by atoms with Gasteiger partial charge in [-0.1, -0.05) is 18.2 Å². The Kier molecular flexibility index (Phi) is 4.04. The fraction of sp³-hybridized carbons (Fsp3) is 0.429. The minimum Gasteiger partial charge on any atom is -0.496 e. The molecule has 0 bridgehead atoms. The van der Waals surface area contributed by atoms with Crippen molar-refractivity contribution in [1.82, 2.24) is 10.2 Å². The van der Waals surface area contributed by atoms with Gasteiger partial charge < -0.3 is 15.0 Å². The number of nitrogens with one attached hydrogen (secondary N) is 1. The molecule has 1 aromatic carbocycles. The van der Waals surface area contributed by atoms with E-state index in [1.54, 1.807) is 18.9 Å². The number of hydrogen-bond donors (Lipinski definition) is 1. The summed E-state index contributed by atoms with van der Waals surface area (Å²) in [5.41, 5.74) is 1.04. The minimum atomic E-state index is -0.407. The molecule has 2 amide bonds. The van der Waals surface area contributed by atoms with Crippen LogP contribution >= 0.6 is 0 Å². The van der Waals surface area contributed by atoms with Crippen LogP contribution in [0.3, 0.4) is 0 Å². The third kappa shape index (κ3) is 2.86. The summed E-state index contributed by atoms with van der Waals surface area (Å²) in [6.07, 6.45) is 0.674. The number of hydrogen-bond acceptors (Lipinski definition) is 3. The average molecular weight is 262 g/mol. The van der Waals surface area contributed by atoms with Gasteiger partial charge in [-0.05, 0) is 25.0 Å². The molecule has 1 heterocycles. The van der Waals surface area contributed by atoms with Crippen LogP contribution in [-0.4, -0.2) is 43.0 Å². The Bertz CT molecular complexity index is 487. The molecule has 0 spiro atoms. The van der Waals surface area contributed by atoms with E-state index in [2.05, 4.69) is 5.32 Å². The van der Waals surface area contributed by atoms with Gasteiger partial charge in [-0.15, -0.1) is 0 Å². The van der Waals surface area contributed by atoms with Crippen molar-refractivity contribution in [3.05, 3.63) is 29.8 Å². The second-order valence-electron chi connectivity index (χ2n) is 4.54. The number of carbonyl (C=O) groups excluding carboxylic acids is 2. The molecule has 1 aliphatic heterocycles. The zero-order valence-electron chi connectivity index (χ0n) is 11.2. The zero-order chi connectivity index (χ0) is 13.8. The third-order valence-corrected chi connectivity index (χ3v) is 3.40. The molecule has 1 unspecified atom stereocenters. The molecule has 1 aromatic rings. The third-order valence-electron chi connectivity index (χ3n) is 3.40. The van der Waals surface area contributed by atoms with E-state index >= 15 is 0 Å². The molecule has 0 radical (unpaired) electrons. The lowest BCUT2D eigenvalue weighted by molar-refractivity contribution is -0.144. The average Bonchev–Trinajstić information content (AvgIpc) is 2.43. The summed E-state index contributed by atoms with van der Waals surface area (Å²) in [6, 6.07) is 7.30. The van der Waals surface area contributed by atoms with Crippen molar-refractivity contribution >= 4 is 11.8 Å². The first-order chi connectivity index (χ1) is 9.13. The first-order valence-corrected chi connectivity index (χ1v) is 6.32. The number of carbonyl (C=O) groups is 2. The van der Waals surface area contributed by atoms with Crippen molar-refractivity contribution in [1.29, 1.82) is 0 Å². The first kappa shape index (κ1) is 13.4. The van der Waals surface area contributed by atoms with E-state index in [0.717, 1.165) is 11.3 Å². The van der Waals surface area contributed by atoms with Gasteiger partial charge in [-0.3, -0.25) is 9.59 Å². The molecule has 1 fully saturated rings. The number of methoxy groups -OCH3 is 1. The van der Waals surface area contributed by atoms with E-state index < -0.39 is 6.04 Å². The van der Waals surface area contributed by atoms with Gasteiger partial charge in [0.15, 0.2) is 0 Å². The highest BCUT2D eigenvalue weighted by atomic mass is 16.5. The Balaban J connectivity index is 2.05. The molecule has 5 nitrogen and oxygen atoms in total. The lowest BCUT2D eigenvalue weighted by Gasteiger charge is -2.32. The summed E-state index contributed by atoms with van der Waals surface area (Å²) < 4.78 is 5.28. The van der Waals surface area contributed by atoms with Gasteiger partial charge >= 0.3 is 0 Å². The quantitative estimate of drug-likeness (QED) is 0.863. The van der Waals surface area contributed by atoms with Crippen LogP contribution in [0.25, 0.3) is 0 Å². The molecule has 5 heteroatoms. The van der Waals surface area contributed by atoms with Crippen LogP contribution in [0.5, 0.6) is 5.75 Å². The number of para-hydroxylation sites is 1. The number of rotatable bonds is 4. The van der Waals surface area contributed by atoms with Gasteiger partial charge in [0.1, 0.15) is 11.8 Å². The van der Waals surface area contributed by atoms with Crippen LogP contribution < -0.4 is 10.1 Å². The van der Waals surface area contributed by atoms with Gasteiger partial charge in [0, 0.05) is 6.54 Å². The molecule has 0 aromatic heterocycles. The Morgan fingerprint density at radius 3 is 2.84 bits per heavy atom. The van der Waals surface area contributed by atoms with Crippen molar-refractivity contribution in [3.8, 4) is 5.75 Å². The van der Waals surface area contributed by atoms with Crippen LogP contribution in [0.1, 0.15) is 12.5 Å². The molecule has 1 N–H and O–H groups in total. The summed E-state index contributed by atoms with van der Waals surface area (Å²) >= 11 is 0. The number of nitrogens with zero attached hydrogens (tertiary/aromatic N) is 1. The Labute approximate surface area is 112 Å². The van der Waals surface area contributed by atoms with Crippen LogP contribution in [0, 0.1) is 0 Å². The maximum atomic E-state index is 11.8. The summed E-state index contributed by atoms with van der Waals surface area (Å²) in [7, 11) is 1.63. The molecule has 1 atom stereocenters. The van der Waals surface area contributed by atoms with Gasteiger partial charge in [-0.25, -0.2) is 0 Å². The highest BCUT2D eigenvalue weighted by Gasteiger charge is 2.30. The summed E-state index contributed by atoms with van der Waals surface area (Å²) in [4.78, 5) is 25.0. The van der Waals surface area contributed by atoms with E-state index in [9.17, 15) is 9.59 Å². The van der Waals surface area contributed by atoms with E-state index in [1.807, 2.05) is 24.3 Å². The Morgan fingerprint density at radius 2 is 2.11 bits per heavy atom. The SMILES string of the molecule is COc1ccccc1CCN1C(=O)CNC(=O)C1C. The topological polar surface area (TPSA) is 58.6 Å². The van der Waals surface area contributed by atoms with Crippen molar-refractivity contribution in [2.75, 3.05) is 20.2 Å². The van der Waals surface area contributed by atoms with Gasteiger partial charge in [-0.2, -0.15) is 0 Å². The first-order valence-electron chi connectivity index (χ1n) is 6.32. The lowest BCUT2D eigenvalue weighted by Crippen LogP contribution is -2.57. The van der Waals surface area contributed by atoms with E-state index in [0.29, 0.717) is 13.0 Å². The van der Waals surface area contributed by atoms with Crippen LogP contribution in [-0.2, 0) is 16.0 Å². The molecular weight excluding hydrogens is 244 g/mol. The number of benzene rings is 1. The number of piperazine rings is 1. The van der Waals surface area contributed by atoms with Gasteiger partial charge in [0.2, 0.25) is 11.8 Å². The van der Waals surface area contributed by atoms with Crippen LogP contribution in [0.2, 0.25) is 0 Å². The second-order valence-corrected chi connectivity index (χ2v) is 4.54. The molecule has 1 saturated heterocycles. The maximum absolute atomic E-state index is 11.8. The lowest BCUT2D eigenvalue weighted by atomic mass is 10.1. The Morgan fingerprint density at radius 1 is 1.37 bits per heavy atom. The minimum absolute atomic E-state index is 0.0398. The van der Waals surface area contributed by atoms with Gasteiger partial charge in [0.05, 0.1) is 13.7 Å². The fourth-order valence-electron chi connectivity index (χ4n) is 2.24. The van der Waals surface area contributed by atoms with E-state index in [-0.39, 0.29) is 18.4 Å². The molecule has 102 valence electrons. The predicted octanol–water partition coefficient (Wildman–Crippen LogP) is 0.585. The van der Waals surface area contributed by atoms with Crippen LogP contribution in [0.4, 0.5) is 0 Å². The second kappa shape index (κ2) is 5.73. The van der Waals surface area contributed by atoms with E-state index in [4.69, 9.17) is 4.74 Å². The molecular formula is C14H18N2O3. The van der Waals surface area contributed by atoms with Crippen molar-refractivity contribution < 1.29 is 14.3 Å². The predicted molar refractivity (Wildman–Crippen MR) is 70.9 cm³/mol. The maximum Gasteiger partial charge on any atom is 0.242 e. The van der Waals surface area contributed by atoms with Gasteiger partial charge in [0.25, 0.3) is 0 Å². The molecule has 2 rings (SSSR count). The smallest absolute Gasteiger partial charge is 0.242 e. The molecule has 1 aliphatic rings. The standard InChI is InChI=1S/C14H18N2O3/c1-10-14(18)15-9-13(17)16(10)8-7-11-5-3-4-6-12(11)19-2/h3-6,10H,7-9H2,1-2H3,(H,15,18). The summed E-state index contributed by atoms with van der Waals surface area (Å²) in [5.74, 6) is 0.672. The Hall–Kier alpha value is -2.04. The molecule has 0 aliphatic carbocycles. The summed E-state index contributed by atoms with van der Waals surface area (Å²) in [5, 5.41) is 2.58. The van der Waals surface area contributed by atoms with Crippen molar-refractivity contribution in [3.63, 3.8) is 0 Å². The normalized spacial score (nSPS) is 19.3. The molecule has 0 saturated carbocycles. The molecule has 19 heavy (non-hydrogen) atoms. The summed E-state index contributed by atoms with van der Waals surface area (Å²) in [6.45, 7) is 2.36. The van der Waals surface area contributed by atoms with Crippen molar-refractivity contribution in [2.24, 2.45) is 0 Å². The van der Waals surface area contributed by atoms with Crippen molar-refractivity contribution in [2.45, 2.75) is 19.4 Å². The number of amides is 2. The largest absolute Gasteiger partial charge is 0.496 e. The zero-order valence-corrected chi connectivity index (χ0v) is 11.2. The highest BCUT2D eigenvalue weighted by molar-refractivity contribution is 5.94. The fourth-order valence-corrected chi connectivity index (χ4v) is 2.24. The van der Waals surface area contributed by atoms with E-state index in [1.165, 1.54) is 0 Å². The highest BCUT2D eigenvalue weighted by Crippen LogP contribution is 2.18. The monoisotopic (exact) mass is 262 g/mol. The number of ether oxygens (including phenoxy) is 1. The van der Waals surface area contributed by atoms with Crippen LogP contribution in [0.15, 0.2) is 24.3 Å².